The minimum Gasteiger partial charge on any atom is -0.354 e. The number of fused-ring (bicyclic) bond motifs is 1. The van der Waals surface area contributed by atoms with E-state index in [1.54, 1.807) is 0 Å². The highest BCUT2D eigenvalue weighted by Crippen LogP contribution is 2.41. The van der Waals surface area contributed by atoms with Crippen molar-refractivity contribution in [3.05, 3.63) is 107 Å². The number of halogens is 1. The van der Waals surface area contributed by atoms with Gasteiger partial charge >= 0.3 is 0 Å². The maximum Gasteiger partial charge on any atom is 0.167 e. The molecule has 1 fully saturated rings. The molecule has 3 nitrogen and oxygen atoms in total. The van der Waals surface area contributed by atoms with Crippen LogP contribution in [0.15, 0.2) is 95.6 Å². The lowest BCUT2D eigenvalue weighted by atomic mass is 9.87. The molecule has 5 rings (SSSR count). The van der Waals surface area contributed by atoms with Crippen LogP contribution in [0.3, 0.4) is 0 Å². The molecule has 0 bridgehead atoms. The number of hydrogen-bond acceptors (Lipinski definition) is 1. The summed E-state index contributed by atoms with van der Waals surface area (Å²) in [7, 11) is 0. The molecule has 4 aromatic rings. The number of nitrogens with zero attached hydrogens (tertiary/aromatic N) is 1. The second-order valence-corrected chi connectivity index (χ2v) is 8.63. The molecule has 0 saturated carbocycles. The van der Waals surface area contributed by atoms with E-state index in [1.165, 1.54) is 22.0 Å². The molecule has 2 heterocycles. The maximum absolute atomic E-state index is 5.62. The van der Waals surface area contributed by atoms with Crippen molar-refractivity contribution in [2.24, 2.45) is 0 Å². The van der Waals surface area contributed by atoms with Gasteiger partial charge in [0.25, 0.3) is 0 Å². The number of para-hydroxylation sites is 1. The number of nitrogens with one attached hydrogen (secondary N) is 2. The van der Waals surface area contributed by atoms with Gasteiger partial charge in [0.1, 0.15) is 0 Å². The third-order valence-corrected chi connectivity index (χ3v) is 6.36. The van der Waals surface area contributed by atoms with E-state index < -0.39 is 0 Å². The van der Waals surface area contributed by atoms with Crippen LogP contribution in [-0.2, 0) is 0 Å². The Morgan fingerprint density at radius 3 is 2.07 bits per heavy atom. The van der Waals surface area contributed by atoms with Crippen LogP contribution in [0.1, 0.15) is 29.3 Å². The largest absolute Gasteiger partial charge is 0.354 e. The van der Waals surface area contributed by atoms with Gasteiger partial charge in [-0.25, -0.2) is 0 Å². The molecule has 5 heteroatoms. The van der Waals surface area contributed by atoms with Crippen molar-refractivity contribution in [2.75, 3.05) is 0 Å². The number of thiocarbonyl (C=S) groups is 1. The summed E-state index contributed by atoms with van der Waals surface area (Å²) < 4.78 is 3.45. The highest BCUT2D eigenvalue weighted by Gasteiger charge is 2.38. The van der Waals surface area contributed by atoms with E-state index in [4.69, 9.17) is 12.2 Å². The molecule has 1 aromatic heterocycles. The van der Waals surface area contributed by atoms with E-state index in [-0.39, 0.29) is 18.1 Å². The van der Waals surface area contributed by atoms with Gasteiger partial charge in [0.05, 0.1) is 18.1 Å². The van der Waals surface area contributed by atoms with Crippen LogP contribution < -0.4 is 10.6 Å². The van der Waals surface area contributed by atoms with Gasteiger partial charge in [0.15, 0.2) is 5.11 Å². The average Bonchev–Trinajstić information content (AvgIpc) is 3.18. The zero-order chi connectivity index (χ0) is 19.8. The molecule has 3 aromatic carbocycles. The van der Waals surface area contributed by atoms with Crippen LogP contribution >= 0.6 is 28.1 Å². The standard InChI is InChI=1S/C24H20BrN3S/c25-19-12-10-18(11-13-19)22-23(28-15-14-16-6-4-5-9-20(16)28)21(26-24(29)27-22)17-7-2-1-3-8-17/h1-15,21-23H,(H2,26,27,29). The van der Waals surface area contributed by atoms with Crippen molar-refractivity contribution in [1.82, 2.24) is 15.2 Å². The molecular weight excluding hydrogens is 442 g/mol. The van der Waals surface area contributed by atoms with Crippen LogP contribution in [0.5, 0.6) is 0 Å². The SMILES string of the molecule is S=C1NC(c2ccccc2)C(n2ccc3ccccc32)C(c2ccc(Br)cc2)N1. The summed E-state index contributed by atoms with van der Waals surface area (Å²) in [4.78, 5) is 0. The number of hydrogen-bond donors (Lipinski definition) is 2. The zero-order valence-corrected chi connectivity index (χ0v) is 18.0. The molecule has 0 radical (unpaired) electrons. The normalized spacial score (nSPS) is 21.6. The Morgan fingerprint density at radius 2 is 1.34 bits per heavy atom. The Labute approximate surface area is 183 Å². The first-order valence-electron chi connectivity index (χ1n) is 9.64. The van der Waals surface area contributed by atoms with Gasteiger partial charge in [0, 0.05) is 16.2 Å². The molecule has 0 amide bonds. The molecule has 1 aliphatic rings. The van der Waals surface area contributed by atoms with E-state index in [2.05, 4.69) is 122 Å². The minimum atomic E-state index is 0.0397. The Bertz CT molecular complexity index is 1150. The lowest BCUT2D eigenvalue weighted by Crippen LogP contribution is -2.52. The molecule has 2 N–H and O–H groups in total. The summed E-state index contributed by atoms with van der Waals surface area (Å²) >= 11 is 9.18. The zero-order valence-electron chi connectivity index (χ0n) is 15.6. The monoisotopic (exact) mass is 461 g/mol. The van der Waals surface area contributed by atoms with Gasteiger partial charge in [-0.3, -0.25) is 0 Å². The number of rotatable bonds is 3. The second-order valence-electron chi connectivity index (χ2n) is 7.31. The van der Waals surface area contributed by atoms with Crippen molar-refractivity contribution >= 4 is 44.2 Å². The molecule has 1 saturated heterocycles. The molecule has 3 unspecified atom stereocenters. The Kier molecular flexibility index (Phi) is 4.86. The molecular formula is C24H20BrN3S. The van der Waals surface area contributed by atoms with Crippen LogP contribution in [-0.4, -0.2) is 9.68 Å². The van der Waals surface area contributed by atoms with Crippen molar-refractivity contribution in [3.8, 4) is 0 Å². The summed E-state index contributed by atoms with van der Waals surface area (Å²) in [5, 5.41) is 8.99. The first-order valence-corrected chi connectivity index (χ1v) is 10.8. The van der Waals surface area contributed by atoms with E-state index in [1.807, 2.05) is 0 Å². The third-order valence-electron chi connectivity index (χ3n) is 5.59. The number of benzene rings is 3. The molecule has 1 aliphatic heterocycles. The molecule has 144 valence electrons. The Balaban J connectivity index is 1.69. The average molecular weight is 462 g/mol. The quantitative estimate of drug-likeness (QED) is 0.371. The number of aromatic nitrogens is 1. The fourth-order valence-electron chi connectivity index (χ4n) is 4.26. The summed E-state index contributed by atoms with van der Waals surface area (Å²) in [6, 6.07) is 30.0. The fraction of sp³-hybridized carbons (Fsp3) is 0.125. The Hall–Kier alpha value is -2.63. The summed E-state index contributed by atoms with van der Waals surface area (Å²) in [5.41, 5.74) is 3.65. The van der Waals surface area contributed by atoms with Crippen LogP contribution in [0.2, 0.25) is 0 Å². The summed E-state index contributed by atoms with van der Waals surface area (Å²) in [6.45, 7) is 0. The third kappa shape index (κ3) is 3.45. The smallest absolute Gasteiger partial charge is 0.167 e. The second kappa shape index (κ2) is 7.65. The Morgan fingerprint density at radius 1 is 0.724 bits per heavy atom. The highest BCUT2D eigenvalue weighted by atomic mass is 79.9. The van der Waals surface area contributed by atoms with Crippen LogP contribution in [0.25, 0.3) is 10.9 Å². The van der Waals surface area contributed by atoms with Crippen molar-refractivity contribution < 1.29 is 0 Å². The van der Waals surface area contributed by atoms with Crippen molar-refractivity contribution in [3.63, 3.8) is 0 Å². The van der Waals surface area contributed by atoms with Gasteiger partial charge in [-0.15, -0.1) is 0 Å². The summed E-state index contributed by atoms with van der Waals surface area (Å²) in [6.07, 6.45) is 2.19. The first-order chi connectivity index (χ1) is 14.2. The van der Waals surface area contributed by atoms with Gasteiger partial charge in [-0.05, 0) is 53.0 Å². The fourth-order valence-corrected chi connectivity index (χ4v) is 4.78. The van der Waals surface area contributed by atoms with Crippen LogP contribution in [0.4, 0.5) is 0 Å². The van der Waals surface area contributed by atoms with Gasteiger partial charge < -0.3 is 15.2 Å². The van der Waals surface area contributed by atoms with Crippen LogP contribution in [0, 0.1) is 0 Å². The molecule has 29 heavy (non-hydrogen) atoms. The van der Waals surface area contributed by atoms with Gasteiger partial charge in [-0.2, -0.15) is 0 Å². The van der Waals surface area contributed by atoms with Crippen molar-refractivity contribution in [2.45, 2.75) is 18.1 Å². The maximum atomic E-state index is 5.62. The van der Waals surface area contributed by atoms with E-state index in [0.717, 1.165) is 4.47 Å². The topological polar surface area (TPSA) is 29.0 Å². The lowest BCUT2D eigenvalue weighted by molar-refractivity contribution is 0.294. The predicted molar refractivity (Wildman–Crippen MR) is 126 cm³/mol. The molecule has 0 spiro atoms. The predicted octanol–water partition coefficient (Wildman–Crippen LogP) is 5.91. The van der Waals surface area contributed by atoms with E-state index in [0.29, 0.717) is 5.11 Å². The minimum absolute atomic E-state index is 0.0397. The summed E-state index contributed by atoms with van der Waals surface area (Å²) in [5.74, 6) is 0. The molecule has 0 aliphatic carbocycles. The van der Waals surface area contributed by atoms with E-state index in [9.17, 15) is 0 Å². The van der Waals surface area contributed by atoms with Gasteiger partial charge in [-0.1, -0.05) is 76.6 Å². The lowest BCUT2D eigenvalue weighted by Gasteiger charge is -2.42. The van der Waals surface area contributed by atoms with E-state index >= 15 is 0 Å². The van der Waals surface area contributed by atoms with Crippen molar-refractivity contribution in [1.29, 1.82) is 0 Å². The first kappa shape index (κ1) is 18.4. The molecule has 3 atom stereocenters. The van der Waals surface area contributed by atoms with Gasteiger partial charge in [0.2, 0.25) is 0 Å². The highest BCUT2D eigenvalue weighted by molar-refractivity contribution is 9.10.